The van der Waals surface area contributed by atoms with Crippen LogP contribution in [0.5, 0.6) is 0 Å². The number of hydrogen-bond acceptors (Lipinski definition) is 3. The van der Waals surface area contributed by atoms with E-state index in [9.17, 15) is 4.79 Å². The number of carbonyl (C=O) groups is 1. The molecule has 0 unspecified atom stereocenters. The number of imidazole rings is 1. The minimum Gasteiger partial charge on any atom is -0.337 e. The summed E-state index contributed by atoms with van der Waals surface area (Å²) in [5.41, 5.74) is 4.57. The van der Waals surface area contributed by atoms with Gasteiger partial charge in [0.05, 0.1) is 11.4 Å². The molecule has 0 radical (unpaired) electrons. The fraction of sp³-hybridized carbons (Fsp3) is 0.429. The summed E-state index contributed by atoms with van der Waals surface area (Å²) in [6, 6.07) is 10.3. The van der Waals surface area contributed by atoms with Crippen LogP contribution in [0.3, 0.4) is 0 Å². The summed E-state index contributed by atoms with van der Waals surface area (Å²) >= 11 is 1.50. The van der Waals surface area contributed by atoms with Crippen molar-refractivity contribution < 1.29 is 4.79 Å². The van der Waals surface area contributed by atoms with E-state index in [-0.39, 0.29) is 5.91 Å². The van der Waals surface area contributed by atoms with Crippen molar-refractivity contribution in [3.8, 4) is 0 Å². The monoisotopic (exact) mass is 369 g/mol. The van der Waals surface area contributed by atoms with Crippen molar-refractivity contribution in [1.82, 2.24) is 14.9 Å². The number of nitrogens with zero attached hydrogens (tertiary/aromatic N) is 2. The van der Waals surface area contributed by atoms with Gasteiger partial charge < -0.3 is 9.88 Å². The van der Waals surface area contributed by atoms with Crippen LogP contribution in [-0.4, -0.2) is 33.1 Å². The Morgan fingerprint density at radius 3 is 2.77 bits per heavy atom. The molecule has 1 aliphatic rings. The Balaban J connectivity index is 1.59. The SMILES string of the molecule is CCN(C(=O)CSc1nc(Cc2ccccc2)c(C)[nH]1)C1=CCCCC1. The van der Waals surface area contributed by atoms with E-state index in [1.807, 2.05) is 36.9 Å². The maximum absolute atomic E-state index is 12.7. The van der Waals surface area contributed by atoms with Crippen LogP contribution < -0.4 is 0 Å². The Morgan fingerprint density at radius 1 is 1.27 bits per heavy atom. The third kappa shape index (κ3) is 4.79. The molecule has 26 heavy (non-hydrogen) atoms. The first-order valence-corrected chi connectivity index (χ1v) is 10.4. The van der Waals surface area contributed by atoms with Gasteiger partial charge in [0.2, 0.25) is 5.91 Å². The standard InChI is InChI=1S/C21H27N3OS/c1-3-24(18-12-8-5-9-13-18)20(25)15-26-21-22-16(2)19(23-21)14-17-10-6-4-7-11-17/h4,6-7,10-12H,3,5,8-9,13-15H2,1-2H3,(H,22,23). The van der Waals surface area contributed by atoms with Crippen LogP contribution >= 0.6 is 11.8 Å². The molecule has 2 aromatic rings. The second-order valence-electron chi connectivity index (χ2n) is 6.64. The van der Waals surface area contributed by atoms with E-state index >= 15 is 0 Å². The molecule has 4 nitrogen and oxygen atoms in total. The maximum Gasteiger partial charge on any atom is 0.237 e. The molecule has 0 saturated carbocycles. The van der Waals surface area contributed by atoms with Gasteiger partial charge in [-0.2, -0.15) is 0 Å². The van der Waals surface area contributed by atoms with E-state index in [0.717, 1.165) is 42.4 Å². The molecule has 1 aromatic heterocycles. The number of H-pyrrole nitrogens is 1. The first-order chi connectivity index (χ1) is 12.7. The average molecular weight is 370 g/mol. The first-order valence-electron chi connectivity index (χ1n) is 9.39. The van der Waals surface area contributed by atoms with Crippen LogP contribution in [0, 0.1) is 6.92 Å². The average Bonchev–Trinajstić information content (AvgIpc) is 3.02. The quantitative estimate of drug-likeness (QED) is 0.719. The molecular formula is C21H27N3OS. The van der Waals surface area contributed by atoms with Crippen molar-refractivity contribution >= 4 is 17.7 Å². The number of thioether (sulfide) groups is 1. The Labute approximate surface area is 160 Å². The predicted octanol–water partition coefficient (Wildman–Crippen LogP) is 4.71. The summed E-state index contributed by atoms with van der Waals surface area (Å²) in [4.78, 5) is 22.6. The Kier molecular flexibility index (Phi) is 6.56. The normalized spacial score (nSPS) is 14.2. The molecule has 0 saturated heterocycles. The molecule has 138 valence electrons. The molecule has 0 fully saturated rings. The van der Waals surface area contributed by atoms with E-state index in [1.54, 1.807) is 0 Å². The zero-order chi connectivity index (χ0) is 18.4. The van der Waals surface area contributed by atoms with Gasteiger partial charge in [0.1, 0.15) is 0 Å². The Hall–Kier alpha value is -2.01. The van der Waals surface area contributed by atoms with Crippen molar-refractivity contribution in [3.05, 3.63) is 59.1 Å². The third-order valence-electron chi connectivity index (χ3n) is 4.74. The van der Waals surface area contributed by atoms with Gasteiger partial charge in [-0.15, -0.1) is 0 Å². The van der Waals surface area contributed by atoms with Crippen molar-refractivity contribution in [2.24, 2.45) is 0 Å². The van der Waals surface area contributed by atoms with Gasteiger partial charge in [-0.05, 0) is 45.1 Å². The van der Waals surface area contributed by atoms with Gasteiger partial charge in [-0.1, -0.05) is 48.2 Å². The topological polar surface area (TPSA) is 49.0 Å². The number of hydrogen-bond donors (Lipinski definition) is 1. The predicted molar refractivity (Wildman–Crippen MR) is 107 cm³/mol. The second-order valence-corrected chi connectivity index (χ2v) is 7.61. The zero-order valence-corrected chi connectivity index (χ0v) is 16.4. The van der Waals surface area contributed by atoms with Crippen LogP contribution in [-0.2, 0) is 11.2 Å². The van der Waals surface area contributed by atoms with Gasteiger partial charge in [0.25, 0.3) is 0 Å². The Morgan fingerprint density at radius 2 is 2.08 bits per heavy atom. The molecule has 5 heteroatoms. The first kappa shape index (κ1) is 18.8. The van der Waals surface area contributed by atoms with Crippen molar-refractivity contribution in [2.45, 2.75) is 51.1 Å². The van der Waals surface area contributed by atoms with Crippen molar-refractivity contribution in [2.75, 3.05) is 12.3 Å². The number of aromatic amines is 1. The van der Waals surface area contributed by atoms with Crippen LogP contribution in [0.1, 0.15) is 49.6 Å². The molecule has 1 amide bonds. The molecule has 1 aromatic carbocycles. The highest BCUT2D eigenvalue weighted by Gasteiger charge is 2.19. The minimum atomic E-state index is 0.171. The number of amides is 1. The van der Waals surface area contributed by atoms with Gasteiger partial charge in [-0.25, -0.2) is 4.98 Å². The molecule has 1 aliphatic carbocycles. The van der Waals surface area contributed by atoms with Gasteiger partial charge >= 0.3 is 0 Å². The van der Waals surface area contributed by atoms with Crippen LogP contribution in [0.25, 0.3) is 0 Å². The van der Waals surface area contributed by atoms with E-state index < -0.39 is 0 Å². The maximum atomic E-state index is 12.7. The largest absolute Gasteiger partial charge is 0.337 e. The highest BCUT2D eigenvalue weighted by Crippen LogP contribution is 2.23. The van der Waals surface area contributed by atoms with Crippen LogP contribution in [0.4, 0.5) is 0 Å². The lowest BCUT2D eigenvalue weighted by molar-refractivity contribution is -0.126. The summed E-state index contributed by atoms with van der Waals surface area (Å²) in [5.74, 6) is 0.590. The Bertz CT molecular complexity index is 767. The lowest BCUT2D eigenvalue weighted by Crippen LogP contribution is -2.32. The van der Waals surface area contributed by atoms with E-state index in [0.29, 0.717) is 5.75 Å². The fourth-order valence-corrected chi connectivity index (χ4v) is 4.13. The highest BCUT2D eigenvalue weighted by atomic mass is 32.2. The van der Waals surface area contributed by atoms with E-state index in [1.165, 1.54) is 35.9 Å². The van der Waals surface area contributed by atoms with Crippen LogP contribution in [0.15, 0.2) is 47.3 Å². The molecule has 0 atom stereocenters. The molecule has 3 rings (SSSR count). The summed E-state index contributed by atoms with van der Waals surface area (Å²) in [7, 11) is 0. The lowest BCUT2D eigenvalue weighted by Gasteiger charge is -2.26. The number of aromatic nitrogens is 2. The summed E-state index contributed by atoms with van der Waals surface area (Å²) in [6.45, 7) is 4.83. The number of carbonyl (C=O) groups excluding carboxylic acids is 1. The number of allylic oxidation sites excluding steroid dienone is 2. The number of benzene rings is 1. The smallest absolute Gasteiger partial charge is 0.237 e. The fourth-order valence-electron chi connectivity index (χ4n) is 3.31. The molecule has 0 aliphatic heterocycles. The molecule has 0 bridgehead atoms. The minimum absolute atomic E-state index is 0.171. The summed E-state index contributed by atoms with van der Waals surface area (Å²) < 4.78 is 0. The third-order valence-corrected chi connectivity index (χ3v) is 5.60. The van der Waals surface area contributed by atoms with Gasteiger partial charge in [0, 0.05) is 24.4 Å². The van der Waals surface area contributed by atoms with Gasteiger partial charge in [-0.3, -0.25) is 4.79 Å². The number of rotatable bonds is 7. The molecule has 1 N–H and O–H groups in total. The summed E-state index contributed by atoms with van der Waals surface area (Å²) in [5, 5.41) is 0.829. The van der Waals surface area contributed by atoms with Gasteiger partial charge in [0.15, 0.2) is 5.16 Å². The molecule has 1 heterocycles. The van der Waals surface area contributed by atoms with Crippen molar-refractivity contribution in [3.63, 3.8) is 0 Å². The van der Waals surface area contributed by atoms with Crippen molar-refractivity contribution in [1.29, 1.82) is 0 Å². The zero-order valence-electron chi connectivity index (χ0n) is 15.6. The van der Waals surface area contributed by atoms with E-state index in [2.05, 4.69) is 23.2 Å². The summed E-state index contributed by atoms with van der Waals surface area (Å²) in [6.07, 6.45) is 7.57. The lowest BCUT2D eigenvalue weighted by atomic mass is 10.0. The molecule has 0 spiro atoms. The second kappa shape index (κ2) is 9.08. The van der Waals surface area contributed by atoms with E-state index in [4.69, 9.17) is 4.98 Å². The molecular weight excluding hydrogens is 342 g/mol. The number of nitrogens with one attached hydrogen (secondary N) is 1. The number of aryl methyl sites for hydroxylation is 1. The highest BCUT2D eigenvalue weighted by molar-refractivity contribution is 7.99. The van der Waals surface area contributed by atoms with Crippen LogP contribution in [0.2, 0.25) is 0 Å².